The molecule has 2 fully saturated rings. The first-order chi connectivity index (χ1) is 13.2. The zero-order valence-corrected chi connectivity index (χ0v) is 20.2. The zero-order chi connectivity index (χ0) is 20.2. The van der Waals surface area contributed by atoms with Gasteiger partial charge in [0.15, 0.2) is 0 Å². The van der Waals surface area contributed by atoms with Crippen molar-refractivity contribution in [1.82, 2.24) is 5.32 Å². The van der Waals surface area contributed by atoms with Crippen LogP contribution in [0.15, 0.2) is 36.5 Å². The summed E-state index contributed by atoms with van der Waals surface area (Å²) < 4.78 is 0. The van der Waals surface area contributed by atoms with Gasteiger partial charge in [-0.15, -0.1) is 12.4 Å². The monoisotopic (exact) mass is 417 g/mol. The van der Waals surface area contributed by atoms with E-state index < -0.39 is 0 Å². The normalized spacial score (nSPS) is 21.9. The van der Waals surface area contributed by atoms with Crippen LogP contribution in [0.2, 0.25) is 0 Å². The highest BCUT2D eigenvalue weighted by atomic mass is 35.5. The second-order valence-electron chi connectivity index (χ2n) is 11.4. The minimum atomic E-state index is 0. The molecule has 0 radical (unpaired) electrons. The van der Waals surface area contributed by atoms with Gasteiger partial charge in [0.2, 0.25) is 0 Å². The van der Waals surface area contributed by atoms with Crippen LogP contribution in [0.1, 0.15) is 103 Å². The first-order valence-corrected chi connectivity index (χ1v) is 11.7. The second-order valence-corrected chi connectivity index (χ2v) is 11.4. The van der Waals surface area contributed by atoms with E-state index in [4.69, 9.17) is 0 Å². The number of hydrogen-bond donors (Lipinski definition) is 1. The van der Waals surface area contributed by atoms with E-state index in [2.05, 4.69) is 63.9 Å². The average Bonchev–Trinajstić information content (AvgIpc) is 2.60. The highest BCUT2D eigenvalue weighted by molar-refractivity contribution is 5.85. The van der Waals surface area contributed by atoms with Crippen LogP contribution < -0.4 is 5.32 Å². The molecule has 1 nitrogen and oxygen atoms in total. The molecule has 1 aromatic carbocycles. The molecule has 0 atom stereocenters. The van der Waals surface area contributed by atoms with Crippen molar-refractivity contribution in [2.45, 2.75) is 97.8 Å². The molecular formula is C27H44ClN. The first kappa shape index (κ1) is 24.3. The average molecular weight is 418 g/mol. The lowest BCUT2D eigenvalue weighted by molar-refractivity contribution is 0.0969. The van der Waals surface area contributed by atoms with Gasteiger partial charge in [0.05, 0.1) is 0 Å². The maximum absolute atomic E-state index is 4.27. The third kappa shape index (κ3) is 7.67. The van der Waals surface area contributed by atoms with Gasteiger partial charge in [-0.2, -0.15) is 0 Å². The highest BCUT2D eigenvalue weighted by Crippen LogP contribution is 2.51. The van der Waals surface area contributed by atoms with Crippen LogP contribution in [0, 0.1) is 16.7 Å². The van der Waals surface area contributed by atoms with E-state index in [0.29, 0.717) is 16.7 Å². The standard InChI is InChI=1S/C27H43N.ClH/c1-21(28-16-15-22-9-7-6-8-10-22)17-23-11-13-24(14-12-23)25-18-26(2,3)20-27(4,5)19-25;/h11-14,22,25,28H,1,6-10,15-20H2,2-5H3;1H. The van der Waals surface area contributed by atoms with Crippen LogP contribution in [-0.4, -0.2) is 6.54 Å². The molecule has 3 rings (SSSR count). The fraction of sp³-hybridized carbons (Fsp3) is 0.704. The van der Waals surface area contributed by atoms with Gasteiger partial charge in [-0.25, -0.2) is 0 Å². The van der Waals surface area contributed by atoms with Crippen molar-refractivity contribution in [2.75, 3.05) is 6.54 Å². The van der Waals surface area contributed by atoms with E-state index in [-0.39, 0.29) is 12.4 Å². The molecule has 0 aliphatic heterocycles. The van der Waals surface area contributed by atoms with Crippen LogP contribution in [0.5, 0.6) is 0 Å². The lowest BCUT2D eigenvalue weighted by Gasteiger charge is -2.45. The molecule has 0 unspecified atom stereocenters. The fourth-order valence-electron chi connectivity index (χ4n) is 6.23. The fourth-order valence-corrected chi connectivity index (χ4v) is 6.23. The van der Waals surface area contributed by atoms with Crippen molar-refractivity contribution < 1.29 is 0 Å². The van der Waals surface area contributed by atoms with Gasteiger partial charge in [-0.1, -0.05) is 90.6 Å². The Morgan fingerprint density at radius 1 is 0.966 bits per heavy atom. The molecule has 2 saturated carbocycles. The molecule has 1 N–H and O–H groups in total. The Morgan fingerprint density at radius 2 is 1.55 bits per heavy atom. The molecule has 0 heterocycles. The van der Waals surface area contributed by atoms with Crippen molar-refractivity contribution in [2.24, 2.45) is 16.7 Å². The summed E-state index contributed by atoms with van der Waals surface area (Å²) in [5.74, 6) is 1.64. The van der Waals surface area contributed by atoms with Crippen molar-refractivity contribution >= 4 is 12.4 Å². The maximum Gasteiger partial charge on any atom is 0.0146 e. The predicted molar refractivity (Wildman–Crippen MR) is 130 cm³/mol. The SMILES string of the molecule is C=C(Cc1ccc(C2CC(C)(C)CC(C)(C)C2)cc1)NCCC1CCCCC1.Cl. The third-order valence-electron chi connectivity index (χ3n) is 7.08. The molecule has 2 heteroatoms. The summed E-state index contributed by atoms with van der Waals surface area (Å²) in [6.07, 6.45) is 13.4. The smallest absolute Gasteiger partial charge is 0.0146 e. The summed E-state index contributed by atoms with van der Waals surface area (Å²) in [6.45, 7) is 15.1. The molecule has 0 spiro atoms. The Balaban J connectivity index is 0.00000300. The Kier molecular flexibility index (Phi) is 8.71. The van der Waals surface area contributed by atoms with Crippen LogP contribution in [0.4, 0.5) is 0 Å². The summed E-state index contributed by atoms with van der Waals surface area (Å²) in [4.78, 5) is 0. The minimum Gasteiger partial charge on any atom is -0.389 e. The van der Waals surface area contributed by atoms with Crippen LogP contribution in [0.3, 0.4) is 0 Å². The number of benzene rings is 1. The van der Waals surface area contributed by atoms with Crippen LogP contribution in [-0.2, 0) is 6.42 Å². The van der Waals surface area contributed by atoms with E-state index in [1.54, 1.807) is 0 Å². The molecule has 0 bridgehead atoms. The minimum absolute atomic E-state index is 0. The second kappa shape index (κ2) is 10.4. The molecule has 1 aromatic rings. The van der Waals surface area contributed by atoms with Gasteiger partial charge in [-0.3, -0.25) is 0 Å². The number of allylic oxidation sites excluding steroid dienone is 1. The van der Waals surface area contributed by atoms with Crippen LogP contribution in [0.25, 0.3) is 0 Å². The van der Waals surface area contributed by atoms with Gasteiger partial charge in [0, 0.05) is 18.7 Å². The van der Waals surface area contributed by atoms with E-state index in [0.717, 1.165) is 18.9 Å². The third-order valence-corrected chi connectivity index (χ3v) is 7.08. The summed E-state index contributed by atoms with van der Waals surface area (Å²) >= 11 is 0. The number of rotatable bonds is 7. The van der Waals surface area contributed by atoms with E-state index in [1.165, 1.54) is 74.6 Å². The van der Waals surface area contributed by atoms with Gasteiger partial charge < -0.3 is 5.32 Å². The summed E-state index contributed by atoms with van der Waals surface area (Å²) in [5, 5.41) is 3.58. The van der Waals surface area contributed by atoms with Crippen molar-refractivity contribution in [3.63, 3.8) is 0 Å². The highest BCUT2D eigenvalue weighted by Gasteiger charge is 2.38. The van der Waals surface area contributed by atoms with Crippen LogP contribution >= 0.6 is 12.4 Å². The zero-order valence-electron chi connectivity index (χ0n) is 19.4. The molecule has 0 saturated heterocycles. The lowest BCUT2D eigenvalue weighted by Crippen LogP contribution is -2.32. The summed E-state index contributed by atoms with van der Waals surface area (Å²) in [7, 11) is 0. The van der Waals surface area contributed by atoms with E-state index >= 15 is 0 Å². The van der Waals surface area contributed by atoms with Crippen molar-refractivity contribution in [3.05, 3.63) is 47.7 Å². The Bertz CT molecular complexity index is 621. The van der Waals surface area contributed by atoms with Gasteiger partial charge in [-0.05, 0) is 59.5 Å². The topological polar surface area (TPSA) is 12.0 Å². The Morgan fingerprint density at radius 3 is 2.14 bits per heavy atom. The Hall–Kier alpha value is -0.950. The number of halogens is 1. The molecule has 164 valence electrons. The summed E-state index contributed by atoms with van der Waals surface area (Å²) in [6, 6.07) is 9.43. The largest absolute Gasteiger partial charge is 0.389 e. The van der Waals surface area contributed by atoms with E-state index in [9.17, 15) is 0 Å². The van der Waals surface area contributed by atoms with Gasteiger partial charge >= 0.3 is 0 Å². The Labute approximate surface area is 186 Å². The molecular weight excluding hydrogens is 374 g/mol. The molecule has 0 aromatic heterocycles. The summed E-state index contributed by atoms with van der Waals surface area (Å²) in [5.41, 5.74) is 4.97. The molecule has 2 aliphatic carbocycles. The molecule has 0 amide bonds. The molecule has 2 aliphatic rings. The number of hydrogen-bond acceptors (Lipinski definition) is 1. The van der Waals surface area contributed by atoms with Crippen molar-refractivity contribution in [1.29, 1.82) is 0 Å². The lowest BCUT2D eigenvalue weighted by atomic mass is 9.60. The number of nitrogens with one attached hydrogen (secondary N) is 1. The first-order valence-electron chi connectivity index (χ1n) is 11.7. The molecule has 29 heavy (non-hydrogen) atoms. The quantitative estimate of drug-likeness (QED) is 0.473. The van der Waals surface area contributed by atoms with Gasteiger partial charge in [0.25, 0.3) is 0 Å². The van der Waals surface area contributed by atoms with E-state index in [1.807, 2.05) is 0 Å². The maximum atomic E-state index is 4.27. The predicted octanol–water partition coefficient (Wildman–Crippen LogP) is 8.04. The van der Waals surface area contributed by atoms with Gasteiger partial charge in [0.1, 0.15) is 0 Å². The van der Waals surface area contributed by atoms with Crippen molar-refractivity contribution in [3.8, 4) is 0 Å².